The molecule has 1 atom stereocenters. The van der Waals surface area contributed by atoms with E-state index in [1.807, 2.05) is 13.8 Å². The number of benzene rings is 3. The average Bonchev–Trinajstić information content (AvgIpc) is 3.16. The van der Waals surface area contributed by atoms with Gasteiger partial charge in [0.1, 0.15) is 23.0 Å². The minimum absolute atomic E-state index is 0.0191. The summed E-state index contributed by atoms with van der Waals surface area (Å²) < 4.78 is 35.3. The van der Waals surface area contributed by atoms with Crippen molar-refractivity contribution >= 4 is 44.6 Å². The van der Waals surface area contributed by atoms with E-state index in [2.05, 4.69) is 0 Å². The van der Waals surface area contributed by atoms with Crippen LogP contribution in [0.2, 0.25) is 0 Å². The molecule has 0 saturated heterocycles. The van der Waals surface area contributed by atoms with E-state index in [4.69, 9.17) is 9.05 Å². The molecule has 0 heterocycles. The van der Waals surface area contributed by atoms with Crippen LogP contribution in [0.25, 0.3) is 0 Å². The van der Waals surface area contributed by atoms with Crippen molar-refractivity contribution in [1.82, 2.24) is 0 Å². The van der Waals surface area contributed by atoms with Gasteiger partial charge in [0.15, 0.2) is 23.1 Å². The lowest BCUT2D eigenvalue weighted by Gasteiger charge is -2.21. The summed E-state index contributed by atoms with van der Waals surface area (Å²) in [7, 11) is -10.5. The maximum absolute atomic E-state index is 13.5. The Hall–Kier alpha value is -4.55. The van der Waals surface area contributed by atoms with Crippen LogP contribution < -0.4 is 9.05 Å². The minimum atomic E-state index is -5.33. The number of carbonyl (C=O) groups excluding carboxylic acids is 5. The number of ketones is 5. The van der Waals surface area contributed by atoms with Crippen molar-refractivity contribution < 1.29 is 66.8 Å². The first kappa shape index (κ1) is 50.8. The van der Waals surface area contributed by atoms with Crippen LogP contribution in [0.3, 0.4) is 0 Å². The van der Waals surface area contributed by atoms with E-state index in [9.17, 15) is 57.8 Å². The summed E-state index contributed by atoms with van der Waals surface area (Å²) in [5, 5.41) is 12.0. The maximum Gasteiger partial charge on any atom is 0.524 e. The third-order valence-corrected chi connectivity index (χ3v) is 10.8. The number of aryl methyl sites for hydroxylation is 1. The fraction of sp³-hybridized carbons (Fsp3) is 0.444. The van der Waals surface area contributed by atoms with Gasteiger partial charge in [0.25, 0.3) is 0 Å². The van der Waals surface area contributed by atoms with E-state index in [0.717, 1.165) is 0 Å². The average molecular weight is 885 g/mol. The predicted octanol–water partition coefficient (Wildman–Crippen LogP) is 9.09. The Morgan fingerprint density at radius 3 is 1.31 bits per heavy atom. The number of rotatable bonds is 25. The summed E-state index contributed by atoms with van der Waals surface area (Å²) in [5.41, 5.74) is 1.34. The molecule has 0 amide bonds. The lowest BCUT2D eigenvalue weighted by atomic mass is 9.88. The molecule has 3 aromatic carbocycles. The van der Waals surface area contributed by atoms with E-state index in [1.54, 1.807) is 27.7 Å². The number of hydrogen-bond donors (Lipinski definition) is 5. The van der Waals surface area contributed by atoms with E-state index >= 15 is 0 Å². The topological polar surface area (TPSA) is 239 Å². The molecule has 61 heavy (non-hydrogen) atoms. The quantitative estimate of drug-likeness (QED) is 0.0303. The number of phenolic OH excluding ortho intramolecular Hbond substituents is 1. The van der Waals surface area contributed by atoms with Crippen LogP contribution in [0.1, 0.15) is 164 Å². The number of aromatic hydroxyl groups is 1. The van der Waals surface area contributed by atoms with Crippen molar-refractivity contribution in [3.63, 3.8) is 0 Å². The number of hydrogen-bond acceptors (Lipinski definition) is 10. The molecule has 0 aliphatic heterocycles. The molecule has 0 spiro atoms. The summed E-state index contributed by atoms with van der Waals surface area (Å²) >= 11 is 0. The van der Waals surface area contributed by atoms with E-state index in [-0.39, 0.29) is 136 Å². The maximum atomic E-state index is 13.5. The third kappa shape index (κ3) is 14.8. The number of Topliss-reactive ketones (excluding diaryl/α,β-unsaturated/α-hetero) is 5. The van der Waals surface area contributed by atoms with Gasteiger partial charge in [-0.3, -0.25) is 43.5 Å². The van der Waals surface area contributed by atoms with Gasteiger partial charge in [-0.05, 0) is 97.7 Å². The van der Waals surface area contributed by atoms with Crippen molar-refractivity contribution in [2.45, 2.75) is 126 Å². The summed E-state index contributed by atoms with van der Waals surface area (Å²) in [4.78, 5) is 106. The lowest BCUT2D eigenvalue weighted by molar-refractivity contribution is -0.121. The molecule has 0 aliphatic carbocycles. The number of phenols is 1. The van der Waals surface area contributed by atoms with E-state index in [1.165, 1.54) is 49.4 Å². The van der Waals surface area contributed by atoms with Gasteiger partial charge in [-0.15, -0.1) is 0 Å². The number of allylic oxidation sites excluding steroid dienone is 2. The lowest BCUT2D eigenvalue weighted by Crippen LogP contribution is -2.13. The molecule has 332 valence electrons. The highest BCUT2D eigenvalue weighted by atomic mass is 31.2. The second-order valence-electron chi connectivity index (χ2n) is 15.2. The van der Waals surface area contributed by atoms with Gasteiger partial charge < -0.3 is 14.2 Å². The minimum Gasteiger partial charge on any atom is -0.507 e. The molecule has 0 bridgehead atoms. The molecule has 0 saturated carbocycles. The fourth-order valence-electron chi connectivity index (χ4n) is 7.05. The summed E-state index contributed by atoms with van der Waals surface area (Å²) in [5.74, 6) is -3.06. The highest BCUT2D eigenvalue weighted by molar-refractivity contribution is 7.47. The Kier molecular flexibility index (Phi) is 18.8. The zero-order chi connectivity index (χ0) is 45.8. The first-order valence-corrected chi connectivity index (χ1v) is 23.6. The van der Waals surface area contributed by atoms with Gasteiger partial charge in [0.05, 0.1) is 0 Å². The van der Waals surface area contributed by atoms with Gasteiger partial charge in [-0.2, -0.15) is 0 Å². The zero-order valence-electron chi connectivity index (χ0n) is 35.9. The Labute approximate surface area is 357 Å². The van der Waals surface area contributed by atoms with Gasteiger partial charge in [-0.1, -0.05) is 47.6 Å². The Balaban J connectivity index is 2.43. The molecule has 3 aromatic rings. The monoisotopic (exact) mass is 884 g/mol. The number of phosphoric acid groups is 2. The Morgan fingerprint density at radius 1 is 0.590 bits per heavy atom. The van der Waals surface area contributed by atoms with Crippen molar-refractivity contribution in [1.29, 1.82) is 0 Å². The standard InChI is InChI=1S/C45H58O14P2/c1-8-13-39(47)27(6)17-30(28(7)46)19-36-23-33(42(50)16-11-4)24-38(45(36)59-61(55,56)57)26-35-21-32(41(49)15-10-3)20-34(43(35)51)25-37-22-31(40(48)14-9-2)18-29(12-5)44(37)58-60(52,53)54/h17-18,20-24,27,51H,8-16,19,25-26H2,1-7H3,(H2,52,53,54)(H2,55,56,57). The highest BCUT2D eigenvalue weighted by Crippen LogP contribution is 2.45. The van der Waals surface area contributed by atoms with E-state index in [0.29, 0.717) is 31.2 Å². The van der Waals surface area contributed by atoms with Crippen molar-refractivity contribution in [2.75, 3.05) is 0 Å². The van der Waals surface area contributed by atoms with Crippen molar-refractivity contribution in [3.8, 4) is 17.2 Å². The summed E-state index contributed by atoms with van der Waals surface area (Å²) in [6, 6.07) is 8.52. The number of phosphoric ester groups is 2. The first-order valence-electron chi connectivity index (χ1n) is 20.6. The largest absolute Gasteiger partial charge is 0.524 e. The third-order valence-electron chi connectivity index (χ3n) is 10.0. The van der Waals surface area contributed by atoms with Gasteiger partial charge in [-0.25, -0.2) is 9.13 Å². The summed E-state index contributed by atoms with van der Waals surface area (Å²) in [6.07, 6.45) is 3.49. The first-order chi connectivity index (χ1) is 28.6. The molecule has 16 heteroatoms. The Morgan fingerprint density at radius 2 is 0.951 bits per heavy atom. The SMILES string of the molecule is CCCC(=O)c1cc(Cc2cc(C(=O)CCC)cc(CC)c2OP(=O)(O)O)c(O)c(Cc2cc(C(=O)CCC)cc(CC(=CC(C)C(=O)CCC)C(C)=O)c2OP(=O)(O)O)c1. The number of carbonyl (C=O) groups is 5. The van der Waals surface area contributed by atoms with Crippen molar-refractivity contribution in [2.24, 2.45) is 5.92 Å². The normalized spacial score (nSPS) is 12.5. The van der Waals surface area contributed by atoms with Crippen LogP contribution in [0.15, 0.2) is 48.0 Å². The molecule has 0 aliphatic rings. The molecule has 0 fully saturated rings. The molecule has 14 nitrogen and oxygen atoms in total. The van der Waals surface area contributed by atoms with Gasteiger partial charge >= 0.3 is 15.6 Å². The second kappa shape index (κ2) is 22.5. The molecular weight excluding hydrogens is 826 g/mol. The summed E-state index contributed by atoms with van der Waals surface area (Å²) in [6.45, 7) is 11.9. The van der Waals surface area contributed by atoms with Crippen LogP contribution in [0, 0.1) is 5.92 Å². The van der Waals surface area contributed by atoms with E-state index < -0.39 is 33.1 Å². The molecule has 5 N–H and O–H groups in total. The van der Waals surface area contributed by atoms with Gasteiger partial charge in [0, 0.05) is 84.2 Å². The second-order valence-corrected chi connectivity index (χ2v) is 17.5. The highest BCUT2D eigenvalue weighted by Gasteiger charge is 2.28. The van der Waals surface area contributed by atoms with Crippen LogP contribution in [0.4, 0.5) is 0 Å². The van der Waals surface area contributed by atoms with Crippen LogP contribution in [-0.2, 0) is 44.4 Å². The molecular formula is C45H58O14P2. The fourth-order valence-corrected chi connectivity index (χ4v) is 7.99. The predicted molar refractivity (Wildman–Crippen MR) is 231 cm³/mol. The molecule has 0 radical (unpaired) electrons. The van der Waals surface area contributed by atoms with Crippen molar-refractivity contribution in [3.05, 3.63) is 98.1 Å². The zero-order valence-corrected chi connectivity index (χ0v) is 37.7. The molecule has 1 unspecified atom stereocenters. The van der Waals surface area contributed by atoms with Crippen LogP contribution in [-0.4, -0.2) is 53.6 Å². The van der Waals surface area contributed by atoms with Crippen LogP contribution >= 0.6 is 15.6 Å². The molecule has 0 aromatic heterocycles. The van der Waals surface area contributed by atoms with Crippen LogP contribution in [0.5, 0.6) is 17.2 Å². The van der Waals surface area contributed by atoms with Gasteiger partial charge in [0.2, 0.25) is 0 Å². The smallest absolute Gasteiger partial charge is 0.507 e. The molecule has 3 rings (SSSR count). The Bertz CT molecular complexity index is 2260.